The molecule has 0 aliphatic rings. The Labute approximate surface area is 133 Å². The van der Waals surface area contributed by atoms with Crippen LogP contribution < -0.4 is 0 Å². The molecular formula is C22H23. The van der Waals surface area contributed by atoms with Crippen LogP contribution in [0.5, 0.6) is 0 Å². The Kier molecular flexibility index (Phi) is 4.02. The molecule has 0 aliphatic heterocycles. The zero-order chi connectivity index (χ0) is 15.7. The Bertz CT molecular complexity index is 789. The Morgan fingerprint density at radius 3 is 2.14 bits per heavy atom. The highest BCUT2D eigenvalue weighted by molar-refractivity contribution is 5.97. The van der Waals surface area contributed by atoms with Gasteiger partial charge in [-0.05, 0) is 50.9 Å². The summed E-state index contributed by atoms with van der Waals surface area (Å²) in [6.45, 7) is 8.97. The second kappa shape index (κ2) is 5.96. The largest absolute Gasteiger partial charge is 0.0616 e. The van der Waals surface area contributed by atoms with Gasteiger partial charge >= 0.3 is 0 Å². The molecule has 0 heterocycles. The van der Waals surface area contributed by atoms with Gasteiger partial charge in [-0.25, -0.2) is 0 Å². The number of fused-ring (bicyclic) bond motifs is 1. The van der Waals surface area contributed by atoms with Gasteiger partial charge in [-0.3, -0.25) is 0 Å². The number of hydrogen-bond donors (Lipinski definition) is 0. The number of hydrogen-bond acceptors (Lipinski definition) is 0. The third-order valence-corrected chi connectivity index (χ3v) is 4.28. The molecule has 1 radical (unpaired) electrons. The summed E-state index contributed by atoms with van der Waals surface area (Å²) >= 11 is 0. The fourth-order valence-electron chi connectivity index (χ4n) is 3.01. The van der Waals surface area contributed by atoms with Gasteiger partial charge in [-0.1, -0.05) is 82.3 Å². The molecule has 111 valence electrons. The van der Waals surface area contributed by atoms with Gasteiger partial charge in [-0.2, -0.15) is 0 Å². The molecule has 0 bridgehead atoms. The molecule has 0 fully saturated rings. The third-order valence-electron chi connectivity index (χ3n) is 4.28. The topological polar surface area (TPSA) is 0 Å². The van der Waals surface area contributed by atoms with Crippen LogP contribution in [0.15, 0.2) is 54.6 Å². The predicted molar refractivity (Wildman–Crippen MR) is 96.4 cm³/mol. The minimum atomic E-state index is 0.465. The van der Waals surface area contributed by atoms with E-state index in [1.807, 2.05) is 0 Å². The molecular weight excluding hydrogens is 264 g/mol. The van der Waals surface area contributed by atoms with Crippen molar-refractivity contribution in [2.75, 3.05) is 0 Å². The molecule has 0 atom stereocenters. The highest BCUT2D eigenvalue weighted by atomic mass is 14.2. The van der Waals surface area contributed by atoms with Gasteiger partial charge in [0.2, 0.25) is 0 Å². The quantitative estimate of drug-likeness (QED) is 0.512. The van der Waals surface area contributed by atoms with Crippen molar-refractivity contribution in [2.24, 2.45) is 0 Å². The lowest BCUT2D eigenvalue weighted by molar-refractivity contribution is 0.832. The summed E-state index contributed by atoms with van der Waals surface area (Å²) in [5, 5.41) is 2.61. The van der Waals surface area contributed by atoms with E-state index in [-0.39, 0.29) is 0 Å². The molecule has 0 heteroatoms. The van der Waals surface area contributed by atoms with Crippen LogP contribution in [0.2, 0.25) is 0 Å². The fourth-order valence-corrected chi connectivity index (χ4v) is 3.01. The highest BCUT2D eigenvalue weighted by Crippen LogP contribution is 2.35. The molecule has 0 spiro atoms. The molecule has 3 aromatic rings. The van der Waals surface area contributed by atoms with E-state index in [0.717, 1.165) is 0 Å². The van der Waals surface area contributed by atoms with Crippen molar-refractivity contribution in [3.8, 4) is 11.1 Å². The van der Waals surface area contributed by atoms with E-state index in [9.17, 15) is 0 Å². The fraction of sp³-hybridized carbons (Fsp3) is 0.273. The summed E-state index contributed by atoms with van der Waals surface area (Å²) in [6, 6.07) is 23.4. The second-order valence-electron chi connectivity index (χ2n) is 6.58. The lowest BCUT2D eigenvalue weighted by atomic mass is 9.87. The molecule has 0 saturated carbocycles. The molecule has 3 rings (SSSR count). The van der Waals surface area contributed by atoms with Crippen molar-refractivity contribution >= 4 is 10.8 Å². The van der Waals surface area contributed by atoms with E-state index in [1.54, 1.807) is 0 Å². The van der Waals surface area contributed by atoms with Crippen LogP contribution in [0.4, 0.5) is 0 Å². The van der Waals surface area contributed by atoms with Gasteiger partial charge in [-0.15, -0.1) is 0 Å². The maximum Gasteiger partial charge on any atom is -0.0102 e. The summed E-state index contributed by atoms with van der Waals surface area (Å²) in [7, 11) is 0. The first-order valence-corrected chi connectivity index (χ1v) is 8.12. The van der Waals surface area contributed by atoms with Gasteiger partial charge < -0.3 is 0 Å². The van der Waals surface area contributed by atoms with E-state index in [4.69, 9.17) is 0 Å². The van der Waals surface area contributed by atoms with Gasteiger partial charge in [0.15, 0.2) is 0 Å². The number of rotatable bonds is 3. The van der Waals surface area contributed by atoms with Gasteiger partial charge in [0, 0.05) is 0 Å². The molecule has 22 heavy (non-hydrogen) atoms. The van der Waals surface area contributed by atoms with Crippen LogP contribution in [0, 0.1) is 6.07 Å². The molecule has 0 N–H and O–H groups in total. The van der Waals surface area contributed by atoms with E-state index in [2.05, 4.69) is 88.4 Å². The monoisotopic (exact) mass is 287 g/mol. The minimum Gasteiger partial charge on any atom is -0.0616 e. The van der Waals surface area contributed by atoms with Crippen molar-refractivity contribution in [1.29, 1.82) is 0 Å². The summed E-state index contributed by atoms with van der Waals surface area (Å²) in [5.41, 5.74) is 5.25. The van der Waals surface area contributed by atoms with Crippen molar-refractivity contribution in [3.05, 3.63) is 71.8 Å². The Morgan fingerprint density at radius 1 is 0.682 bits per heavy atom. The third kappa shape index (κ3) is 2.66. The molecule has 3 aromatic carbocycles. The zero-order valence-electron chi connectivity index (χ0n) is 13.9. The van der Waals surface area contributed by atoms with Crippen LogP contribution in [-0.2, 0) is 0 Å². The second-order valence-corrected chi connectivity index (χ2v) is 6.58. The predicted octanol–water partition coefficient (Wildman–Crippen LogP) is 6.55. The average Bonchev–Trinajstić information content (AvgIpc) is 2.53. The summed E-state index contributed by atoms with van der Waals surface area (Å²) < 4.78 is 0. The van der Waals surface area contributed by atoms with E-state index < -0.39 is 0 Å². The summed E-state index contributed by atoms with van der Waals surface area (Å²) in [6.07, 6.45) is 0. The van der Waals surface area contributed by atoms with Gasteiger partial charge in [0.05, 0.1) is 0 Å². The Morgan fingerprint density at radius 2 is 1.41 bits per heavy atom. The Balaban J connectivity index is 2.26. The van der Waals surface area contributed by atoms with Crippen LogP contribution in [0.25, 0.3) is 21.9 Å². The zero-order valence-corrected chi connectivity index (χ0v) is 13.9. The van der Waals surface area contributed by atoms with Gasteiger partial charge in [0.25, 0.3) is 0 Å². The van der Waals surface area contributed by atoms with Crippen LogP contribution in [-0.4, -0.2) is 0 Å². The van der Waals surface area contributed by atoms with Gasteiger partial charge in [0.1, 0.15) is 0 Å². The first-order valence-electron chi connectivity index (χ1n) is 8.12. The Hall–Kier alpha value is -2.08. The SMILES string of the molecule is CC(C)c1[c]c(C(C)C)c(-c2cccc3ccccc23)cc1. The molecule has 0 aromatic heterocycles. The lowest BCUT2D eigenvalue weighted by Crippen LogP contribution is -1.97. The van der Waals surface area contributed by atoms with Crippen LogP contribution >= 0.6 is 0 Å². The van der Waals surface area contributed by atoms with Crippen LogP contribution in [0.1, 0.15) is 50.7 Å². The van der Waals surface area contributed by atoms with E-state index in [0.29, 0.717) is 11.8 Å². The van der Waals surface area contributed by atoms with Crippen molar-refractivity contribution in [2.45, 2.75) is 39.5 Å². The lowest BCUT2D eigenvalue weighted by Gasteiger charge is -2.17. The summed E-state index contributed by atoms with van der Waals surface area (Å²) in [4.78, 5) is 0. The first kappa shape index (κ1) is 14.8. The standard InChI is InChI=1S/C22H23/c1-15(2)18-12-13-21(22(14-18)16(3)4)20-11-7-9-17-8-5-6-10-19(17)20/h5-13,15-16H,1-4H3. The molecule has 0 aliphatic carbocycles. The molecule has 0 nitrogen and oxygen atoms in total. The molecule has 0 saturated heterocycles. The van der Waals surface area contributed by atoms with E-state index >= 15 is 0 Å². The van der Waals surface area contributed by atoms with Crippen molar-refractivity contribution in [1.82, 2.24) is 0 Å². The number of benzene rings is 3. The maximum atomic E-state index is 3.68. The molecule has 0 amide bonds. The average molecular weight is 287 g/mol. The van der Waals surface area contributed by atoms with E-state index in [1.165, 1.54) is 33.0 Å². The highest BCUT2D eigenvalue weighted by Gasteiger charge is 2.13. The minimum absolute atomic E-state index is 0.465. The van der Waals surface area contributed by atoms with Crippen molar-refractivity contribution < 1.29 is 0 Å². The smallest absolute Gasteiger partial charge is 0.0102 e. The van der Waals surface area contributed by atoms with Crippen LogP contribution in [0.3, 0.4) is 0 Å². The maximum absolute atomic E-state index is 3.68. The first-order chi connectivity index (χ1) is 10.6. The molecule has 0 unspecified atom stereocenters. The normalized spacial score (nSPS) is 11.5. The van der Waals surface area contributed by atoms with Crippen molar-refractivity contribution in [3.63, 3.8) is 0 Å². The summed E-state index contributed by atoms with van der Waals surface area (Å²) in [5.74, 6) is 0.978.